The summed E-state index contributed by atoms with van der Waals surface area (Å²) in [5.74, 6) is -0.160. The van der Waals surface area contributed by atoms with Crippen molar-refractivity contribution in [3.63, 3.8) is 0 Å². The minimum absolute atomic E-state index is 0.00111. The molecule has 0 saturated carbocycles. The molecule has 0 aliphatic rings. The first-order valence-electron chi connectivity index (χ1n) is 7.33. The van der Waals surface area contributed by atoms with Crippen LogP contribution in [-0.4, -0.2) is 35.6 Å². The summed E-state index contributed by atoms with van der Waals surface area (Å²) >= 11 is 1.69. The quantitative estimate of drug-likeness (QED) is 0.473. The maximum atomic E-state index is 12.0. The Morgan fingerprint density at radius 2 is 1.79 bits per heavy atom. The second kappa shape index (κ2) is 8.47. The molecular weight excluding hydrogens is 326 g/mol. The number of carbonyl (C=O) groups excluding carboxylic acids is 1. The Morgan fingerprint density at radius 3 is 2.33 bits per heavy atom. The molecule has 2 aromatic rings. The van der Waals surface area contributed by atoms with E-state index in [0.717, 1.165) is 5.56 Å². The van der Waals surface area contributed by atoms with Crippen molar-refractivity contribution in [1.29, 1.82) is 0 Å². The first-order valence-corrected chi connectivity index (χ1v) is 8.56. The highest BCUT2D eigenvalue weighted by molar-refractivity contribution is 7.98. The number of nitro benzene ring substituents is 1. The lowest BCUT2D eigenvalue weighted by Gasteiger charge is -2.16. The number of anilines is 1. The summed E-state index contributed by atoms with van der Waals surface area (Å²) in [6, 6.07) is 14.0. The van der Waals surface area contributed by atoms with Crippen LogP contribution in [0.25, 0.3) is 0 Å². The number of likely N-dealkylation sites (N-methyl/N-ethyl adjacent to an activating group) is 1. The van der Waals surface area contributed by atoms with Crippen molar-refractivity contribution in [2.24, 2.45) is 0 Å². The zero-order chi connectivity index (χ0) is 17.5. The summed E-state index contributed by atoms with van der Waals surface area (Å²) in [6.45, 7) is 0.906. The van der Waals surface area contributed by atoms with Crippen LogP contribution in [0.2, 0.25) is 0 Å². The van der Waals surface area contributed by atoms with E-state index in [9.17, 15) is 14.9 Å². The molecule has 1 amide bonds. The summed E-state index contributed by atoms with van der Waals surface area (Å²) in [7, 11) is 1.87. The van der Waals surface area contributed by atoms with Crippen LogP contribution in [0.1, 0.15) is 5.56 Å². The molecule has 126 valence electrons. The van der Waals surface area contributed by atoms with Gasteiger partial charge >= 0.3 is 0 Å². The molecule has 0 aliphatic carbocycles. The Labute approximate surface area is 145 Å². The molecule has 0 aliphatic heterocycles. The molecule has 1 N–H and O–H groups in total. The highest BCUT2D eigenvalue weighted by Crippen LogP contribution is 2.16. The van der Waals surface area contributed by atoms with Crippen molar-refractivity contribution in [1.82, 2.24) is 4.90 Å². The molecule has 24 heavy (non-hydrogen) atoms. The number of nitrogens with zero attached hydrogens (tertiary/aromatic N) is 2. The van der Waals surface area contributed by atoms with E-state index in [-0.39, 0.29) is 18.1 Å². The van der Waals surface area contributed by atoms with Crippen LogP contribution in [0.3, 0.4) is 0 Å². The summed E-state index contributed by atoms with van der Waals surface area (Å²) < 4.78 is 0. The third-order valence-electron chi connectivity index (χ3n) is 3.39. The second-order valence-corrected chi connectivity index (χ2v) is 6.25. The summed E-state index contributed by atoms with van der Waals surface area (Å²) in [5.41, 5.74) is 1.68. The number of thioether (sulfide) groups is 1. The van der Waals surface area contributed by atoms with Crippen molar-refractivity contribution in [3.05, 3.63) is 64.2 Å². The predicted octanol–water partition coefficient (Wildman–Crippen LogP) is 3.39. The van der Waals surface area contributed by atoms with Crippen LogP contribution in [0.15, 0.2) is 53.4 Å². The summed E-state index contributed by atoms with van der Waals surface area (Å²) in [5, 5.41) is 13.3. The Balaban J connectivity index is 1.85. The Bertz CT molecular complexity index is 702. The summed E-state index contributed by atoms with van der Waals surface area (Å²) in [4.78, 5) is 25.3. The molecule has 0 heterocycles. The van der Waals surface area contributed by atoms with Gasteiger partial charge in [-0.05, 0) is 43.1 Å². The molecule has 7 heteroatoms. The topological polar surface area (TPSA) is 75.5 Å². The van der Waals surface area contributed by atoms with Crippen molar-refractivity contribution < 1.29 is 9.72 Å². The van der Waals surface area contributed by atoms with Crippen LogP contribution in [0.5, 0.6) is 0 Å². The molecule has 6 nitrogen and oxygen atoms in total. The fraction of sp³-hybridized carbons (Fsp3) is 0.235. The van der Waals surface area contributed by atoms with Gasteiger partial charge in [-0.25, -0.2) is 0 Å². The van der Waals surface area contributed by atoms with E-state index in [0.29, 0.717) is 12.2 Å². The second-order valence-electron chi connectivity index (χ2n) is 5.37. The minimum Gasteiger partial charge on any atom is -0.325 e. The molecule has 0 radical (unpaired) electrons. The third kappa shape index (κ3) is 5.36. The molecule has 0 unspecified atom stereocenters. The molecule has 0 bridgehead atoms. The standard InChI is InChI=1S/C17H19N3O3S/c1-19(11-13-3-9-16(24-2)10-4-13)12-17(21)18-14-5-7-15(8-6-14)20(22)23/h3-10H,11-12H2,1-2H3,(H,18,21). The maximum absolute atomic E-state index is 12.0. The highest BCUT2D eigenvalue weighted by Gasteiger charge is 2.09. The Hall–Kier alpha value is -2.38. The number of benzene rings is 2. The average molecular weight is 345 g/mol. The fourth-order valence-electron chi connectivity index (χ4n) is 2.21. The zero-order valence-electron chi connectivity index (χ0n) is 13.6. The van der Waals surface area contributed by atoms with Gasteiger partial charge in [0, 0.05) is 29.3 Å². The van der Waals surface area contributed by atoms with Gasteiger partial charge in [0.2, 0.25) is 5.91 Å². The summed E-state index contributed by atoms with van der Waals surface area (Å²) in [6.07, 6.45) is 2.03. The molecular formula is C17H19N3O3S. The van der Waals surface area contributed by atoms with Gasteiger partial charge in [0.15, 0.2) is 0 Å². The van der Waals surface area contributed by atoms with E-state index in [4.69, 9.17) is 0 Å². The van der Waals surface area contributed by atoms with E-state index < -0.39 is 4.92 Å². The number of non-ortho nitro benzene ring substituents is 1. The van der Waals surface area contributed by atoms with Gasteiger partial charge in [0.1, 0.15) is 0 Å². The normalized spacial score (nSPS) is 10.6. The van der Waals surface area contributed by atoms with Crippen LogP contribution in [0, 0.1) is 10.1 Å². The van der Waals surface area contributed by atoms with Crippen LogP contribution in [-0.2, 0) is 11.3 Å². The van der Waals surface area contributed by atoms with Gasteiger partial charge in [-0.3, -0.25) is 19.8 Å². The molecule has 0 saturated heterocycles. The largest absolute Gasteiger partial charge is 0.325 e. The van der Waals surface area contributed by atoms with Gasteiger partial charge in [0.25, 0.3) is 5.69 Å². The van der Waals surface area contributed by atoms with Crippen molar-refractivity contribution >= 4 is 29.0 Å². The molecule has 2 rings (SSSR count). The first-order chi connectivity index (χ1) is 11.5. The van der Waals surface area contributed by atoms with E-state index in [1.807, 2.05) is 18.2 Å². The molecule has 0 spiro atoms. The number of hydrogen-bond donors (Lipinski definition) is 1. The first kappa shape index (κ1) is 18.0. The number of nitro groups is 1. The van der Waals surface area contributed by atoms with Crippen LogP contribution >= 0.6 is 11.8 Å². The monoisotopic (exact) mass is 345 g/mol. The van der Waals surface area contributed by atoms with Gasteiger partial charge in [-0.2, -0.15) is 0 Å². The van der Waals surface area contributed by atoms with E-state index >= 15 is 0 Å². The van der Waals surface area contributed by atoms with Crippen LogP contribution in [0.4, 0.5) is 11.4 Å². The maximum Gasteiger partial charge on any atom is 0.269 e. The predicted molar refractivity (Wildman–Crippen MR) is 96.3 cm³/mol. The molecule has 2 aromatic carbocycles. The van der Waals surface area contributed by atoms with Gasteiger partial charge in [-0.15, -0.1) is 11.8 Å². The minimum atomic E-state index is -0.471. The lowest BCUT2D eigenvalue weighted by molar-refractivity contribution is -0.384. The number of rotatable bonds is 7. The lowest BCUT2D eigenvalue weighted by Crippen LogP contribution is -2.29. The Morgan fingerprint density at radius 1 is 1.17 bits per heavy atom. The van der Waals surface area contributed by atoms with E-state index in [1.165, 1.54) is 29.2 Å². The fourth-order valence-corrected chi connectivity index (χ4v) is 2.62. The van der Waals surface area contributed by atoms with Gasteiger partial charge in [0.05, 0.1) is 11.5 Å². The van der Waals surface area contributed by atoms with Crippen LogP contribution < -0.4 is 5.32 Å². The highest BCUT2D eigenvalue weighted by atomic mass is 32.2. The molecule has 0 atom stereocenters. The van der Waals surface area contributed by atoms with Crippen molar-refractivity contribution in [2.75, 3.05) is 25.2 Å². The SMILES string of the molecule is CSc1ccc(CN(C)CC(=O)Nc2ccc([N+](=O)[O-])cc2)cc1. The van der Waals surface area contributed by atoms with Gasteiger partial charge in [-0.1, -0.05) is 12.1 Å². The Kier molecular flexibility index (Phi) is 6.34. The van der Waals surface area contributed by atoms with E-state index in [1.54, 1.807) is 11.8 Å². The lowest BCUT2D eigenvalue weighted by atomic mass is 10.2. The van der Waals surface area contributed by atoms with Gasteiger partial charge < -0.3 is 5.32 Å². The molecule has 0 fully saturated rings. The smallest absolute Gasteiger partial charge is 0.269 e. The number of amides is 1. The van der Waals surface area contributed by atoms with Crippen molar-refractivity contribution in [2.45, 2.75) is 11.4 Å². The number of nitrogens with one attached hydrogen (secondary N) is 1. The van der Waals surface area contributed by atoms with E-state index in [2.05, 4.69) is 29.6 Å². The third-order valence-corrected chi connectivity index (χ3v) is 4.13. The number of carbonyl (C=O) groups is 1. The van der Waals surface area contributed by atoms with Crippen molar-refractivity contribution in [3.8, 4) is 0 Å². The average Bonchev–Trinajstić information content (AvgIpc) is 2.55. The zero-order valence-corrected chi connectivity index (χ0v) is 14.4. The number of hydrogen-bond acceptors (Lipinski definition) is 5. The molecule has 0 aromatic heterocycles.